The van der Waals surface area contributed by atoms with Crippen LogP contribution in [0.25, 0.3) is 89.5 Å². The molecule has 9 rings (SSSR count). The zero-order chi connectivity index (χ0) is 32.6. The highest BCUT2D eigenvalue weighted by atomic mass is 16.3. The van der Waals surface area contributed by atoms with Gasteiger partial charge in [0.05, 0.1) is 5.56 Å². The van der Waals surface area contributed by atoms with Gasteiger partial charge in [0.1, 0.15) is 11.2 Å². The zero-order valence-electron chi connectivity index (χ0n) is 26.5. The molecule has 0 aliphatic rings. The molecule has 0 saturated carbocycles. The molecule has 2 aromatic heterocycles. The first-order valence-electron chi connectivity index (χ1n) is 16.4. The topological polar surface area (TPSA) is 51.8 Å². The smallest absolute Gasteiger partial charge is 0.167 e. The van der Waals surface area contributed by atoms with Crippen LogP contribution < -0.4 is 0 Å². The Bertz CT molecular complexity index is 2590. The van der Waals surface area contributed by atoms with Gasteiger partial charge in [0.15, 0.2) is 17.5 Å². The number of hydrogen-bond acceptors (Lipinski definition) is 4. The van der Waals surface area contributed by atoms with Crippen LogP contribution in [0, 0.1) is 0 Å². The molecule has 2 heterocycles. The Hall–Kier alpha value is -6.65. The Morgan fingerprint density at radius 3 is 1.55 bits per heavy atom. The third kappa shape index (κ3) is 5.26. The van der Waals surface area contributed by atoms with Crippen molar-refractivity contribution in [3.63, 3.8) is 0 Å². The van der Waals surface area contributed by atoms with Gasteiger partial charge in [-0.25, -0.2) is 15.0 Å². The standard InChI is InChI=1S/C45H29N3O/c1-4-15-30(16-5-1)33-21-12-22-34(29-33)43-46-44(37-24-11-10-23-35(37)31-17-6-2-7-18-31)48-45(47-43)39-27-13-26-38-41-36(32-19-8-3-9-20-32)25-14-28-40(41)49-42(38)39/h1-29H. The molecule has 0 fully saturated rings. The van der Waals surface area contributed by atoms with Crippen molar-refractivity contribution in [2.24, 2.45) is 0 Å². The van der Waals surface area contributed by atoms with Crippen LogP contribution in [0.5, 0.6) is 0 Å². The third-order valence-corrected chi connectivity index (χ3v) is 8.96. The molecule has 7 aromatic carbocycles. The molecule has 4 nitrogen and oxygen atoms in total. The summed E-state index contributed by atoms with van der Waals surface area (Å²) in [4.78, 5) is 15.5. The lowest BCUT2D eigenvalue weighted by Gasteiger charge is -2.12. The fourth-order valence-electron chi connectivity index (χ4n) is 6.64. The molecular weight excluding hydrogens is 599 g/mol. The number of aromatic nitrogens is 3. The van der Waals surface area contributed by atoms with Gasteiger partial charge in [-0.3, -0.25) is 0 Å². The van der Waals surface area contributed by atoms with E-state index in [-0.39, 0.29) is 0 Å². The monoisotopic (exact) mass is 627 g/mol. The quantitative estimate of drug-likeness (QED) is 0.184. The normalized spacial score (nSPS) is 11.3. The highest BCUT2D eigenvalue weighted by Crippen LogP contribution is 2.41. The maximum Gasteiger partial charge on any atom is 0.167 e. The Labute approximate surface area is 284 Å². The first-order chi connectivity index (χ1) is 24.3. The number of para-hydroxylation sites is 1. The average Bonchev–Trinajstić information content (AvgIpc) is 3.58. The van der Waals surface area contributed by atoms with Crippen LogP contribution in [0.2, 0.25) is 0 Å². The lowest BCUT2D eigenvalue weighted by Crippen LogP contribution is -2.01. The fraction of sp³-hybridized carbons (Fsp3) is 0. The van der Waals surface area contributed by atoms with Gasteiger partial charge in [-0.05, 0) is 51.6 Å². The van der Waals surface area contributed by atoms with E-state index in [4.69, 9.17) is 19.4 Å². The second-order valence-electron chi connectivity index (χ2n) is 12.0. The lowest BCUT2D eigenvalue weighted by molar-refractivity contribution is 0.669. The summed E-state index contributed by atoms with van der Waals surface area (Å²) < 4.78 is 6.66. The molecular formula is C45H29N3O. The lowest BCUT2D eigenvalue weighted by atomic mass is 9.98. The molecule has 0 spiro atoms. The first-order valence-corrected chi connectivity index (χ1v) is 16.4. The number of fused-ring (bicyclic) bond motifs is 3. The minimum Gasteiger partial charge on any atom is -0.455 e. The van der Waals surface area contributed by atoms with Crippen molar-refractivity contribution in [1.82, 2.24) is 15.0 Å². The largest absolute Gasteiger partial charge is 0.455 e. The zero-order valence-corrected chi connectivity index (χ0v) is 26.5. The third-order valence-electron chi connectivity index (χ3n) is 8.96. The molecule has 0 bridgehead atoms. The van der Waals surface area contributed by atoms with Crippen molar-refractivity contribution in [3.8, 4) is 67.5 Å². The van der Waals surface area contributed by atoms with Gasteiger partial charge in [0.2, 0.25) is 0 Å². The predicted molar refractivity (Wildman–Crippen MR) is 200 cm³/mol. The Morgan fingerprint density at radius 1 is 0.327 bits per heavy atom. The van der Waals surface area contributed by atoms with Gasteiger partial charge in [0, 0.05) is 21.9 Å². The van der Waals surface area contributed by atoms with Crippen molar-refractivity contribution in [2.45, 2.75) is 0 Å². The van der Waals surface area contributed by atoms with Crippen LogP contribution in [0.3, 0.4) is 0 Å². The number of rotatable bonds is 6. The van der Waals surface area contributed by atoms with E-state index < -0.39 is 0 Å². The van der Waals surface area contributed by atoms with E-state index in [0.717, 1.165) is 72.0 Å². The average molecular weight is 628 g/mol. The second-order valence-corrected chi connectivity index (χ2v) is 12.0. The van der Waals surface area contributed by atoms with Gasteiger partial charge in [0.25, 0.3) is 0 Å². The van der Waals surface area contributed by atoms with E-state index in [2.05, 4.69) is 133 Å². The predicted octanol–water partition coefficient (Wildman–Crippen LogP) is 11.8. The summed E-state index contributed by atoms with van der Waals surface area (Å²) in [5.74, 6) is 1.75. The van der Waals surface area contributed by atoms with Gasteiger partial charge in [-0.2, -0.15) is 0 Å². The summed E-state index contributed by atoms with van der Waals surface area (Å²) in [6.45, 7) is 0. The minimum absolute atomic E-state index is 0.555. The molecule has 4 heteroatoms. The summed E-state index contributed by atoms with van der Waals surface area (Å²) in [5, 5.41) is 2.09. The van der Waals surface area contributed by atoms with Crippen LogP contribution in [-0.4, -0.2) is 15.0 Å². The molecule has 0 atom stereocenters. The van der Waals surface area contributed by atoms with Gasteiger partial charge < -0.3 is 4.42 Å². The summed E-state index contributed by atoms with van der Waals surface area (Å²) in [5.41, 5.74) is 10.9. The second kappa shape index (κ2) is 12.2. The number of hydrogen-bond donors (Lipinski definition) is 0. The summed E-state index contributed by atoms with van der Waals surface area (Å²) in [7, 11) is 0. The maximum absolute atomic E-state index is 6.66. The van der Waals surface area contributed by atoms with Crippen LogP contribution in [0.15, 0.2) is 180 Å². The van der Waals surface area contributed by atoms with Crippen molar-refractivity contribution < 1.29 is 4.42 Å². The summed E-state index contributed by atoms with van der Waals surface area (Å²) >= 11 is 0. The molecule has 0 amide bonds. The molecule has 9 aromatic rings. The molecule has 0 N–H and O–H groups in total. The van der Waals surface area contributed by atoms with E-state index in [0.29, 0.717) is 17.5 Å². The summed E-state index contributed by atoms with van der Waals surface area (Å²) in [6.07, 6.45) is 0. The van der Waals surface area contributed by atoms with E-state index in [1.807, 2.05) is 42.5 Å². The van der Waals surface area contributed by atoms with Crippen molar-refractivity contribution in [2.75, 3.05) is 0 Å². The number of nitrogens with zero attached hydrogens (tertiary/aromatic N) is 3. The molecule has 0 aliphatic carbocycles. The Kier molecular flexibility index (Phi) is 7.10. The van der Waals surface area contributed by atoms with E-state index in [1.165, 1.54) is 0 Å². The SMILES string of the molecule is c1ccc(-c2cccc(-c3nc(-c4ccccc4-c4ccccc4)nc(-c4cccc5c4oc4cccc(-c6ccccc6)c45)n3)c2)cc1. The van der Waals surface area contributed by atoms with E-state index in [9.17, 15) is 0 Å². The molecule has 0 aliphatic heterocycles. The van der Waals surface area contributed by atoms with Crippen molar-refractivity contribution in [1.29, 1.82) is 0 Å². The molecule has 230 valence electrons. The van der Waals surface area contributed by atoms with Gasteiger partial charge in [-0.15, -0.1) is 0 Å². The van der Waals surface area contributed by atoms with Gasteiger partial charge in [-0.1, -0.05) is 158 Å². The van der Waals surface area contributed by atoms with Crippen LogP contribution >= 0.6 is 0 Å². The molecule has 0 radical (unpaired) electrons. The van der Waals surface area contributed by atoms with Crippen LogP contribution in [0.1, 0.15) is 0 Å². The highest BCUT2D eigenvalue weighted by molar-refractivity contribution is 6.15. The number of furan rings is 1. The van der Waals surface area contributed by atoms with E-state index >= 15 is 0 Å². The Morgan fingerprint density at radius 2 is 0.816 bits per heavy atom. The number of benzene rings is 7. The fourth-order valence-corrected chi connectivity index (χ4v) is 6.64. The molecule has 49 heavy (non-hydrogen) atoms. The molecule has 0 unspecified atom stereocenters. The van der Waals surface area contributed by atoms with E-state index in [1.54, 1.807) is 0 Å². The highest BCUT2D eigenvalue weighted by Gasteiger charge is 2.20. The molecule has 0 saturated heterocycles. The van der Waals surface area contributed by atoms with Crippen LogP contribution in [0.4, 0.5) is 0 Å². The Balaban J connectivity index is 1.28. The van der Waals surface area contributed by atoms with Gasteiger partial charge >= 0.3 is 0 Å². The van der Waals surface area contributed by atoms with Crippen molar-refractivity contribution >= 4 is 21.9 Å². The summed E-state index contributed by atoms with van der Waals surface area (Å²) in [6, 6.07) is 60.3. The maximum atomic E-state index is 6.66. The van der Waals surface area contributed by atoms with Crippen LogP contribution in [-0.2, 0) is 0 Å². The first kappa shape index (κ1) is 28.6. The van der Waals surface area contributed by atoms with Crippen molar-refractivity contribution in [3.05, 3.63) is 176 Å². The minimum atomic E-state index is 0.555.